The summed E-state index contributed by atoms with van der Waals surface area (Å²) in [6, 6.07) is 13.0. The van der Waals surface area contributed by atoms with E-state index in [1.54, 1.807) is 42.5 Å². The van der Waals surface area contributed by atoms with Crippen LogP contribution in [0.25, 0.3) is 11.0 Å². The Morgan fingerprint density at radius 3 is 2.44 bits per heavy atom. The van der Waals surface area contributed by atoms with Crippen molar-refractivity contribution in [2.45, 2.75) is 6.92 Å². The second-order valence-electron chi connectivity index (χ2n) is 5.50. The lowest BCUT2D eigenvalue weighted by atomic mass is 10.1. The third-order valence-corrected chi connectivity index (χ3v) is 4.19. The summed E-state index contributed by atoms with van der Waals surface area (Å²) in [5.41, 5.74) is 4.11. The van der Waals surface area contributed by atoms with Crippen molar-refractivity contribution in [1.82, 2.24) is 10.9 Å². The molecule has 0 aliphatic rings. The normalized spacial score (nSPS) is 10.4. The van der Waals surface area contributed by atoms with Gasteiger partial charge in [0.2, 0.25) is 0 Å². The molecule has 8 heteroatoms. The Bertz CT molecular complexity index is 1060. The van der Waals surface area contributed by atoms with Crippen LogP contribution in [0.4, 0.5) is 0 Å². The molecule has 2 aromatic carbocycles. The molecule has 0 saturated carbocycles. The van der Waals surface area contributed by atoms with E-state index in [9.17, 15) is 14.4 Å². The van der Waals surface area contributed by atoms with E-state index < -0.39 is 17.4 Å². The molecule has 138 valence electrons. The van der Waals surface area contributed by atoms with Gasteiger partial charge in [-0.1, -0.05) is 15.9 Å². The average Bonchev–Trinajstić information content (AvgIpc) is 2.66. The monoisotopic (exact) mass is 430 g/mol. The highest BCUT2D eigenvalue weighted by atomic mass is 79.9. The molecule has 7 nitrogen and oxygen atoms in total. The smallest absolute Gasteiger partial charge is 0.349 e. The van der Waals surface area contributed by atoms with E-state index >= 15 is 0 Å². The van der Waals surface area contributed by atoms with Gasteiger partial charge < -0.3 is 9.15 Å². The highest BCUT2D eigenvalue weighted by Gasteiger charge is 2.15. The first-order chi connectivity index (χ1) is 13.0. The van der Waals surface area contributed by atoms with Gasteiger partial charge in [-0.3, -0.25) is 20.4 Å². The third kappa shape index (κ3) is 4.35. The Balaban J connectivity index is 1.76. The second-order valence-corrected chi connectivity index (χ2v) is 6.41. The molecule has 27 heavy (non-hydrogen) atoms. The van der Waals surface area contributed by atoms with Crippen LogP contribution in [0, 0.1) is 0 Å². The number of amides is 2. The maximum Gasteiger partial charge on any atom is 0.349 e. The fraction of sp³-hybridized carbons (Fsp3) is 0.105. The molecular weight excluding hydrogens is 416 g/mol. The Kier molecular flexibility index (Phi) is 5.56. The van der Waals surface area contributed by atoms with E-state index in [-0.39, 0.29) is 5.56 Å². The number of hydrogen-bond acceptors (Lipinski definition) is 5. The Morgan fingerprint density at radius 2 is 1.74 bits per heavy atom. The van der Waals surface area contributed by atoms with Gasteiger partial charge in [-0.15, -0.1) is 0 Å². The molecule has 3 aromatic rings. The summed E-state index contributed by atoms with van der Waals surface area (Å²) in [5.74, 6) is -0.723. The van der Waals surface area contributed by atoms with Crippen molar-refractivity contribution >= 4 is 38.7 Å². The first kappa shape index (κ1) is 18.7. The van der Waals surface area contributed by atoms with E-state index in [1.165, 1.54) is 6.07 Å². The zero-order valence-corrected chi connectivity index (χ0v) is 15.8. The van der Waals surface area contributed by atoms with Gasteiger partial charge in [-0.25, -0.2) is 4.79 Å². The lowest BCUT2D eigenvalue weighted by molar-refractivity contribution is 0.0844. The Labute approximate surface area is 162 Å². The number of nitrogens with one attached hydrogen (secondary N) is 2. The standard InChI is InChI=1S/C19H15BrN2O5/c1-2-26-14-8-5-12-9-15(19(25)27-16(12)10-14)18(24)22-21-17(23)11-3-6-13(20)7-4-11/h3-10H,2H2,1H3,(H,21,23)(H,22,24). The van der Waals surface area contributed by atoms with Crippen molar-refractivity contribution in [3.8, 4) is 5.75 Å². The SMILES string of the molecule is CCOc1ccc2cc(C(=O)NNC(=O)c3ccc(Br)cc3)c(=O)oc2c1. The van der Waals surface area contributed by atoms with Gasteiger partial charge in [0, 0.05) is 21.5 Å². The molecule has 1 heterocycles. The molecule has 0 aliphatic carbocycles. The molecule has 0 spiro atoms. The van der Waals surface area contributed by atoms with Gasteiger partial charge in [0.25, 0.3) is 11.8 Å². The van der Waals surface area contributed by atoms with Crippen LogP contribution in [0.5, 0.6) is 5.75 Å². The fourth-order valence-electron chi connectivity index (χ4n) is 2.36. The van der Waals surface area contributed by atoms with Crippen molar-refractivity contribution in [2.24, 2.45) is 0 Å². The molecule has 1 aromatic heterocycles. The number of halogens is 1. The molecule has 3 rings (SSSR count). The molecule has 0 saturated heterocycles. The van der Waals surface area contributed by atoms with E-state index in [4.69, 9.17) is 9.15 Å². The number of ether oxygens (including phenoxy) is 1. The molecule has 0 aliphatic heterocycles. The van der Waals surface area contributed by atoms with Crippen LogP contribution in [0.2, 0.25) is 0 Å². The summed E-state index contributed by atoms with van der Waals surface area (Å²) in [5, 5.41) is 0.558. The molecule has 0 fully saturated rings. The van der Waals surface area contributed by atoms with E-state index in [0.29, 0.717) is 28.9 Å². The van der Waals surface area contributed by atoms with Crippen LogP contribution in [-0.4, -0.2) is 18.4 Å². The maximum absolute atomic E-state index is 12.3. The summed E-state index contributed by atoms with van der Waals surface area (Å²) >= 11 is 3.27. The number of fused-ring (bicyclic) bond motifs is 1. The highest BCUT2D eigenvalue weighted by molar-refractivity contribution is 9.10. The number of hydrogen-bond donors (Lipinski definition) is 2. The van der Waals surface area contributed by atoms with Gasteiger partial charge in [0.15, 0.2) is 0 Å². The van der Waals surface area contributed by atoms with E-state index in [2.05, 4.69) is 26.8 Å². The first-order valence-corrected chi connectivity index (χ1v) is 8.84. The summed E-state index contributed by atoms with van der Waals surface area (Å²) in [7, 11) is 0. The number of benzene rings is 2. The van der Waals surface area contributed by atoms with Crippen molar-refractivity contribution in [2.75, 3.05) is 6.61 Å². The van der Waals surface area contributed by atoms with Gasteiger partial charge in [0.1, 0.15) is 16.9 Å². The van der Waals surface area contributed by atoms with Crippen molar-refractivity contribution in [3.05, 3.63) is 74.6 Å². The molecular formula is C19H15BrN2O5. The second kappa shape index (κ2) is 8.05. The third-order valence-electron chi connectivity index (χ3n) is 3.66. The summed E-state index contributed by atoms with van der Waals surface area (Å²) in [4.78, 5) is 36.4. The van der Waals surface area contributed by atoms with Crippen LogP contribution < -0.4 is 21.2 Å². The molecule has 2 amide bonds. The minimum atomic E-state index is -0.813. The number of carbonyl (C=O) groups excluding carboxylic acids is 2. The molecule has 0 atom stereocenters. The summed E-state index contributed by atoms with van der Waals surface area (Å²) in [6.45, 7) is 2.32. The largest absolute Gasteiger partial charge is 0.494 e. The topological polar surface area (TPSA) is 97.6 Å². The summed E-state index contributed by atoms with van der Waals surface area (Å²) < 4.78 is 11.4. The number of hydrazine groups is 1. The maximum atomic E-state index is 12.3. The van der Waals surface area contributed by atoms with Crippen molar-refractivity contribution in [1.29, 1.82) is 0 Å². The highest BCUT2D eigenvalue weighted by Crippen LogP contribution is 2.20. The summed E-state index contributed by atoms with van der Waals surface area (Å²) in [6.07, 6.45) is 0. The van der Waals surface area contributed by atoms with Crippen LogP contribution in [0.1, 0.15) is 27.6 Å². The van der Waals surface area contributed by atoms with Crippen LogP contribution in [-0.2, 0) is 0 Å². The van der Waals surface area contributed by atoms with Gasteiger partial charge >= 0.3 is 5.63 Å². The van der Waals surface area contributed by atoms with Crippen LogP contribution in [0.3, 0.4) is 0 Å². The number of carbonyl (C=O) groups is 2. The minimum absolute atomic E-state index is 0.220. The molecule has 0 radical (unpaired) electrons. The Hall–Kier alpha value is -3.13. The minimum Gasteiger partial charge on any atom is -0.494 e. The molecule has 0 unspecified atom stereocenters. The molecule has 0 bridgehead atoms. The molecule has 2 N–H and O–H groups in total. The van der Waals surface area contributed by atoms with E-state index in [0.717, 1.165) is 4.47 Å². The predicted octanol–water partition coefficient (Wildman–Crippen LogP) is 3.03. The van der Waals surface area contributed by atoms with Crippen molar-refractivity contribution < 1.29 is 18.7 Å². The van der Waals surface area contributed by atoms with Gasteiger partial charge in [-0.2, -0.15) is 0 Å². The predicted molar refractivity (Wildman–Crippen MR) is 103 cm³/mol. The zero-order chi connectivity index (χ0) is 19.4. The zero-order valence-electron chi connectivity index (χ0n) is 14.2. The van der Waals surface area contributed by atoms with Gasteiger partial charge in [0.05, 0.1) is 6.61 Å². The average molecular weight is 431 g/mol. The quantitative estimate of drug-likeness (QED) is 0.489. The lowest BCUT2D eigenvalue weighted by Crippen LogP contribution is -2.43. The van der Waals surface area contributed by atoms with Crippen LogP contribution in [0.15, 0.2) is 62.2 Å². The lowest BCUT2D eigenvalue weighted by Gasteiger charge is -2.08. The van der Waals surface area contributed by atoms with Crippen LogP contribution >= 0.6 is 15.9 Å². The fourth-order valence-corrected chi connectivity index (χ4v) is 2.62. The van der Waals surface area contributed by atoms with Gasteiger partial charge in [-0.05, 0) is 49.4 Å². The van der Waals surface area contributed by atoms with E-state index in [1.807, 2.05) is 6.92 Å². The first-order valence-electron chi connectivity index (χ1n) is 8.05. The number of rotatable bonds is 4. The Morgan fingerprint density at radius 1 is 1.04 bits per heavy atom. The van der Waals surface area contributed by atoms with Crippen molar-refractivity contribution in [3.63, 3.8) is 0 Å².